The van der Waals surface area contributed by atoms with Crippen molar-refractivity contribution in [2.45, 2.75) is 71.3 Å². The highest BCUT2D eigenvalue weighted by molar-refractivity contribution is 5.93. The predicted octanol–water partition coefficient (Wildman–Crippen LogP) is 5.04. The zero-order valence-electron chi connectivity index (χ0n) is 22.5. The van der Waals surface area contributed by atoms with Gasteiger partial charge in [0.2, 0.25) is 5.91 Å². The summed E-state index contributed by atoms with van der Waals surface area (Å²) in [5.74, 6) is 1.98. The lowest BCUT2D eigenvalue weighted by Gasteiger charge is -2.41. The second kappa shape index (κ2) is 12.4. The van der Waals surface area contributed by atoms with Gasteiger partial charge in [0, 0.05) is 25.4 Å². The van der Waals surface area contributed by atoms with E-state index in [4.69, 9.17) is 9.47 Å². The summed E-state index contributed by atoms with van der Waals surface area (Å²) in [6, 6.07) is 11.6. The molecule has 0 radical (unpaired) electrons. The van der Waals surface area contributed by atoms with Crippen LogP contribution >= 0.6 is 0 Å². The van der Waals surface area contributed by atoms with Crippen LogP contribution in [-0.2, 0) is 11.2 Å². The molecule has 200 valence electrons. The Labute approximate surface area is 220 Å². The number of pyridine rings is 1. The number of hydrogen-bond donors (Lipinski definition) is 1. The van der Waals surface area contributed by atoms with E-state index >= 15 is 0 Å². The molecule has 37 heavy (non-hydrogen) atoms. The Morgan fingerprint density at radius 3 is 2.70 bits per heavy atom. The number of para-hydroxylation sites is 1. The van der Waals surface area contributed by atoms with Crippen LogP contribution in [0, 0.1) is 11.3 Å². The molecular weight excluding hydrogens is 466 g/mol. The van der Waals surface area contributed by atoms with E-state index in [2.05, 4.69) is 36.3 Å². The summed E-state index contributed by atoms with van der Waals surface area (Å²) < 4.78 is 11.5. The Bertz CT molecular complexity index is 1060. The summed E-state index contributed by atoms with van der Waals surface area (Å²) in [4.78, 5) is 33.1. The molecule has 2 aliphatic rings. The first-order chi connectivity index (χ1) is 17.9. The lowest BCUT2D eigenvalue weighted by Crippen LogP contribution is -2.53. The number of aromatic nitrogens is 1. The van der Waals surface area contributed by atoms with Crippen LogP contribution in [0.1, 0.15) is 74.8 Å². The number of benzene rings is 1. The van der Waals surface area contributed by atoms with Crippen LogP contribution in [-0.4, -0.2) is 54.5 Å². The molecule has 7 nitrogen and oxygen atoms in total. The maximum absolute atomic E-state index is 13.9. The van der Waals surface area contributed by atoms with Gasteiger partial charge in [0.25, 0.3) is 5.91 Å². The van der Waals surface area contributed by atoms with Crippen molar-refractivity contribution in [2.75, 3.05) is 26.8 Å². The fraction of sp³-hybridized carbons (Fsp3) is 0.567. The van der Waals surface area contributed by atoms with E-state index < -0.39 is 5.41 Å². The molecule has 3 heterocycles. The average molecular weight is 508 g/mol. The standard InChI is InChI=1S/C30H41N3O4/c1-22(2)19-24-21-37-27-11-7-6-10-23(27)9-5-4-8-13-30(29(35)32-24)14-17-33(18-15-30)28(34)26-20-25(36-3)12-16-31-26/h6-7,10-12,16,20,22,24H,4-5,8-9,13-15,17-19,21H2,1-3H3,(H,32,35)/t24-/m0/s1. The van der Waals surface area contributed by atoms with Crippen LogP contribution in [0.2, 0.25) is 0 Å². The smallest absolute Gasteiger partial charge is 0.272 e. The van der Waals surface area contributed by atoms with Crippen molar-refractivity contribution in [3.05, 3.63) is 53.9 Å². The van der Waals surface area contributed by atoms with Crippen molar-refractivity contribution in [3.8, 4) is 11.5 Å². The molecule has 7 heteroatoms. The van der Waals surface area contributed by atoms with Gasteiger partial charge in [-0.3, -0.25) is 14.6 Å². The zero-order valence-corrected chi connectivity index (χ0v) is 22.5. The number of ether oxygens (including phenoxy) is 2. The predicted molar refractivity (Wildman–Crippen MR) is 144 cm³/mol. The van der Waals surface area contributed by atoms with Crippen molar-refractivity contribution in [3.63, 3.8) is 0 Å². The number of hydrogen-bond acceptors (Lipinski definition) is 5. The summed E-state index contributed by atoms with van der Waals surface area (Å²) in [6.07, 6.45) is 8.72. The Kier molecular flexibility index (Phi) is 9.06. The highest BCUT2D eigenvalue weighted by Crippen LogP contribution is 2.38. The molecule has 0 unspecified atom stereocenters. The fourth-order valence-corrected chi connectivity index (χ4v) is 5.62. The zero-order chi connectivity index (χ0) is 26.3. The van der Waals surface area contributed by atoms with Gasteiger partial charge in [0.05, 0.1) is 18.6 Å². The van der Waals surface area contributed by atoms with Crippen LogP contribution in [0.25, 0.3) is 0 Å². The van der Waals surface area contributed by atoms with Gasteiger partial charge >= 0.3 is 0 Å². The maximum Gasteiger partial charge on any atom is 0.272 e. The quantitative estimate of drug-likeness (QED) is 0.627. The molecule has 0 saturated carbocycles. The van der Waals surface area contributed by atoms with E-state index in [0.29, 0.717) is 49.9 Å². The van der Waals surface area contributed by atoms with Gasteiger partial charge in [-0.15, -0.1) is 0 Å². The highest BCUT2D eigenvalue weighted by Gasteiger charge is 2.42. The minimum Gasteiger partial charge on any atom is -0.497 e. The van der Waals surface area contributed by atoms with Gasteiger partial charge in [-0.25, -0.2) is 0 Å². The van der Waals surface area contributed by atoms with Crippen LogP contribution in [0.3, 0.4) is 0 Å². The van der Waals surface area contributed by atoms with Crippen LogP contribution in [0.4, 0.5) is 0 Å². The van der Waals surface area contributed by atoms with Gasteiger partial charge in [-0.2, -0.15) is 0 Å². The topological polar surface area (TPSA) is 80.8 Å². The molecule has 4 rings (SSSR count). The number of piperidine rings is 1. The molecule has 0 aliphatic carbocycles. The second-order valence-corrected chi connectivity index (χ2v) is 10.9. The SMILES string of the molecule is COc1ccnc(C(=O)N2CCC3(CCCCCc4ccccc4OC[C@H](CC(C)C)NC3=O)CC2)c1. The summed E-state index contributed by atoms with van der Waals surface area (Å²) in [5, 5.41) is 3.37. The first kappa shape index (κ1) is 27.0. The third-order valence-electron chi connectivity index (χ3n) is 7.78. The number of rotatable bonds is 4. The molecule has 1 spiro atoms. The van der Waals surface area contributed by atoms with Crippen molar-refractivity contribution in [2.24, 2.45) is 11.3 Å². The monoisotopic (exact) mass is 507 g/mol. The van der Waals surface area contributed by atoms with Crippen LogP contribution < -0.4 is 14.8 Å². The minimum atomic E-state index is -0.464. The molecule has 1 aromatic carbocycles. The number of aryl methyl sites for hydroxylation is 1. The van der Waals surface area contributed by atoms with Gasteiger partial charge in [-0.1, -0.05) is 44.9 Å². The second-order valence-electron chi connectivity index (χ2n) is 10.9. The highest BCUT2D eigenvalue weighted by atomic mass is 16.5. The third-order valence-corrected chi connectivity index (χ3v) is 7.78. The molecule has 2 amide bonds. The van der Waals surface area contributed by atoms with E-state index in [0.717, 1.165) is 44.3 Å². The van der Waals surface area contributed by atoms with Crippen LogP contribution in [0.5, 0.6) is 11.5 Å². The number of likely N-dealkylation sites (tertiary alicyclic amines) is 1. The van der Waals surface area contributed by atoms with Crippen molar-refractivity contribution in [1.82, 2.24) is 15.2 Å². The lowest BCUT2D eigenvalue weighted by molar-refractivity contribution is -0.135. The van der Waals surface area contributed by atoms with Gasteiger partial charge < -0.3 is 19.7 Å². The summed E-state index contributed by atoms with van der Waals surface area (Å²) in [7, 11) is 1.58. The van der Waals surface area contributed by atoms with Crippen molar-refractivity contribution < 1.29 is 19.1 Å². The number of amides is 2. The number of nitrogens with zero attached hydrogens (tertiary/aromatic N) is 2. The molecule has 1 atom stereocenters. The van der Waals surface area contributed by atoms with Gasteiger partial charge in [-0.05, 0) is 62.1 Å². The average Bonchev–Trinajstić information content (AvgIpc) is 2.92. The van der Waals surface area contributed by atoms with E-state index in [1.54, 1.807) is 25.4 Å². The van der Waals surface area contributed by atoms with Crippen molar-refractivity contribution in [1.29, 1.82) is 0 Å². The largest absolute Gasteiger partial charge is 0.497 e. The van der Waals surface area contributed by atoms with Crippen molar-refractivity contribution >= 4 is 11.8 Å². The number of carbonyl (C=O) groups is 2. The number of nitrogens with one attached hydrogen (secondary N) is 1. The molecular formula is C30H41N3O4. The molecule has 1 fully saturated rings. The first-order valence-electron chi connectivity index (χ1n) is 13.7. The summed E-state index contributed by atoms with van der Waals surface area (Å²) in [5.41, 5.74) is 1.15. The van der Waals surface area contributed by atoms with E-state index in [9.17, 15) is 9.59 Å². The van der Waals surface area contributed by atoms with E-state index in [1.165, 1.54) is 5.56 Å². The number of methoxy groups -OCH3 is 1. The molecule has 1 N–H and O–H groups in total. The normalized spacial score (nSPS) is 20.6. The molecule has 2 aliphatic heterocycles. The Morgan fingerprint density at radius 2 is 1.95 bits per heavy atom. The lowest BCUT2D eigenvalue weighted by atomic mass is 9.73. The van der Waals surface area contributed by atoms with E-state index in [-0.39, 0.29) is 17.9 Å². The number of carbonyl (C=O) groups excluding carboxylic acids is 2. The first-order valence-corrected chi connectivity index (χ1v) is 13.7. The van der Waals surface area contributed by atoms with Gasteiger partial charge in [0.1, 0.15) is 23.8 Å². The molecule has 2 aromatic rings. The Morgan fingerprint density at radius 1 is 1.16 bits per heavy atom. The molecule has 0 bridgehead atoms. The fourth-order valence-electron chi connectivity index (χ4n) is 5.62. The summed E-state index contributed by atoms with van der Waals surface area (Å²) >= 11 is 0. The molecule has 1 aromatic heterocycles. The minimum absolute atomic E-state index is 0.0566. The van der Waals surface area contributed by atoms with Gasteiger partial charge in [0.15, 0.2) is 0 Å². The summed E-state index contributed by atoms with van der Waals surface area (Å²) in [6.45, 7) is 5.90. The Balaban J connectivity index is 1.48. The molecule has 1 saturated heterocycles. The Hall–Kier alpha value is -3.09. The third kappa shape index (κ3) is 6.82. The van der Waals surface area contributed by atoms with Crippen LogP contribution in [0.15, 0.2) is 42.6 Å². The maximum atomic E-state index is 13.9. The number of fused-ring (bicyclic) bond motifs is 1. The van der Waals surface area contributed by atoms with E-state index in [1.807, 2.05) is 17.0 Å².